The monoisotopic (exact) mass is 219 g/mol. The van der Waals surface area contributed by atoms with E-state index in [1.807, 2.05) is 0 Å². The van der Waals surface area contributed by atoms with Crippen molar-refractivity contribution >= 4 is 6.09 Å². The molecule has 0 aliphatic carbocycles. The molecule has 2 saturated heterocycles. The maximum atomic E-state index is 13.4. The van der Waals surface area contributed by atoms with Crippen LogP contribution in [-0.2, 0) is 9.47 Å². The van der Waals surface area contributed by atoms with Gasteiger partial charge in [0.05, 0.1) is 19.8 Å². The van der Waals surface area contributed by atoms with E-state index in [9.17, 15) is 9.18 Å². The van der Waals surface area contributed by atoms with Crippen molar-refractivity contribution in [1.29, 1.82) is 0 Å². The average molecular weight is 219 g/mol. The first-order valence-corrected chi connectivity index (χ1v) is 4.86. The molecule has 2 aliphatic heterocycles. The molecule has 2 rings (SSSR count). The summed E-state index contributed by atoms with van der Waals surface area (Å²) in [5, 5.41) is 5.45. The number of likely N-dealkylation sites (N-methyl/N-ethyl adjacent to an activating group) is 1. The zero-order valence-electron chi connectivity index (χ0n) is 8.48. The van der Waals surface area contributed by atoms with Gasteiger partial charge in [-0.25, -0.2) is 14.2 Å². The number of nitrogens with zero attached hydrogens (tertiary/aromatic N) is 2. The van der Waals surface area contributed by atoms with E-state index in [-0.39, 0.29) is 12.8 Å². The Bertz CT molecular complexity index is 253. The first-order valence-electron chi connectivity index (χ1n) is 4.86. The van der Waals surface area contributed by atoms with Crippen LogP contribution in [0.15, 0.2) is 0 Å². The molecule has 2 unspecified atom stereocenters. The van der Waals surface area contributed by atoms with Gasteiger partial charge in [-0.05, 0) is 7.05 Å². The lowest BCUT2D eigenvalue weighted by atomic mass is 10.4. The second kappa shape index (κ2) is 4.30. The van der Waals surface area contributed by atoms with E-state index < -0.39 is 12.4 Å². The Labute approximate surface area is 86.9 Å². The van der Waals surface area contributed by atoms with Crippen molar-refractivity contribution in [1.82, 2.24) is 15.3 Å². The zero-order valence-corrected chi connectivity index (χ0v) is 8.48. The molecule has 15 heavy (non-hydrogen) atoms. The number of alkyl halides is 1. The van der Waals surface area contributed by atoms with Crippen LogP contribution < -0.4 is 5.32 Å². The summed E-state index contributed by atoms with van der Waals surface area (Å²) in [5.41, 5.74) is 0. The number of rotatable bonds is 2. The number of hydrogen-bond acceptors (Lipinski definition) is 5. The number of halogens is 1. The lowest BCUT2D eigenvalue weighted by Gasteiger charge is -2.35. The lowest BCUT2D eigenvalue weighted by Crippen LogP contribution is -2.53. The van der Waals surface area contributed by atoms with Gasteiger partial charge in [-0.15, -0.1) is 0 Å². The van der Waals surface area contributed by atoms with E-state index in [0.717, 1.165) is 0 Å². The smallest absolute Gasteiger partial charge is 0.426 e. The Morgan fingerprint density at radius 1 is 1.60 bits per heavy atom. The van der Waals surface area contributed by atoms with Crippen LogP contribution in [0.2, 0.25) is 0 Å². The van der Waals surface area contributed by atoms with Crippen LogP contribution in [0.4, 0.5) is 9.18 Å². The van der Waals surface area contributed by atoms with Crippen molar-refractivity contribution < 1.29 is 18.7 Å². The Morgan fingerprint density at radius 3 is 3.00 bits per heavy atom. The minimum absolute atomic E-state index is 0.00595. The van der Waals surface area contributed by atoms with Crippen molar-refractivity contribution in [2.24, 2.45) is 0 Å². The van der Waals surface area contributed by atoms with E-state index in [0.29, 0.717) is 19.7 Å². The highest BCUT2D eigenvalue weighted by atomic mass is 19.1. The number of cyclic esters (lactones) is 1. The third-order valence-electron chi connectivity index (χ3n) is 2.47. The molecule has 0 radical (unpaired) electrons. The molecule has 0 spiro atoms. The number of ether oxygens (including phenoxy) is 2. The highest BCUT2D eigenvalue weighted by molar-refractivity contribution is 5.69. The number of amides is 1. The second-order valence-electron chi connectivity index (χ2n) is 3.42. The van der Waals surface area contributed by atoms with E-state index in [2.05, 4.69) is 5.32 Å². The lowest BCUT2D eigenvalue weighted by molar-refractivity contribution is -0.143. The van der Waals surface area contributed by atoms with Crippen molar-refractivity contribution in [3.05, 3.63) is 0 Å². The molecule has 0 aromatic carbocycles. The highest BCUT2D eigenvalue weighted by Crippen LogP contribution is 2.17. The van der Waals surface area contributed by atoms with E-state index in [1.54, 1.807) is 7.05 Å². The van der Waals surface area contributed by atoms with E-state index >= 15 is 0 Å². The minimum Gasteiger partial charge on any atom is -0.427 e. The number of hydrogen-bond donors (Lipinski definition) is 1. The average Bonchev–Trinajstić information content (AvgIpc) is 2.60. The Hall–Kier alpha value is -0.920. The molecular weight excluding hydrogens is 205 g/mol. The van der Waals surface area contributed by atoms with Crippen LogP contribution in [0.3, 0.4) is 0 Å². The fraction of sp³-hybridized carbons (Fsp3) is 0.875. The molecule has 7 heteroatoms. The standard InChI is InChI=1S/C8H14FN3O3/c1-10-7-4-12(8(13)15-7)11-2-3-14-5-6(11)9/h6-7,10H,2-5H2,1H3. The molecule has 2 aliphatic rings. The predicted octanol–water partition coefficient (Wildman–Crippen LogP) is -0.473. The van der Waals surface area contributed by atoms with Crippen molar-refractivity contribution in [2.45, 2.75) is 12.5 Å². The maximum Gasteiger partial charge on any atom is 0.426 e. The van der Waals surface area contributed by atoms with Crippen LogP contribution in [0.5, 0.6) is 0 Å². The number of hydrazine groups is 1. The summed E-state index contributed by atoms with van der Waals surface area (Å²) in [5.74, 6) is 0. The molecule has 1 amide bonds. The first-order chi connectivity index (χ1) is 7.22. The summed E-state index contributed by atoms with van der Waals surface area (Å²) in [6.07, 6.45) is -2.16. The topological polar surface area (TPSA) is 54.0 Å². The predicted molar refractivity (Wildman–Crippen MR) is 48.5 cm³/mol. The summed E-state index contributed by atoms with van der Waals surface area (Å²) in [6, 6.07) is 0. The van der Waals surface area contributed by atoms with Crippen LogP contribution in [0.25, 0.3) is 0 Å². The Morgan fingerprint density at radius 2 is 2.40 bits per heavy atom. The SMILES string of the molecule is CNC1CN(N2CCOCC2F)C(=O)O1. The van der Waals surface area contributed by atoms with Crippen molar-refractivity contribution in [3.63, 3.8) is 0 Å². The molecule has 2 atom stereocenters. The summed E-state index contributed by atoms with van der Waals surface area (Å²) < 4.78 is 23.3. The summed E-state index contributed by atoms with van der Waals surface area (Å²) in [4.78, 5) is 11.4. The molecule has 0 aromatic rings. The fourth-order valence-electron chi connectivity index (χ4n) is 1.65. The maximum absolute atomic E-state index is 13.4. The molecule has 86 valence electrons. The number of carbonyl (C=O) groups excluding carboxylic acids is 1. The molecule has 6 nitrogen and oxygen atoms in total. The molecule has 2 heterocycles. The van der Waals surface area contributed by atoms with Crippen LogP contribution in [0, 0.1) is 0 Å². The van der Waals surface area contributed by atoms with Crippen LogP contribution in [0.1, 0.15) is 0 Å². The third-order valence-corrected chi connectivity index (χ3v) is 2.47. The van der Waals surface area contributed by atoms with Gasteiger partial charge in [0.25, 0.3) is 0 Å². The molecular formula is C8H14FN3O3. The number of morpholine rings is 1. The Kier molecular flexibility index (Phi) is 3.03. The molecule has 0 saturated carbocycles. The van der Waals surface area contributed by atoms with Crippen LogP contribution in [-0.4, -0.2) is 62.0 Å². The van der Waals surface area contributed by atoms with Gasteiger partial charge in [-0.1, -0.05) is 0 Å². The van der Waals surface area contributed by atoms with Gasteiger partial charge >= 0.3 is 6.09 Å². The summed E-state index contributed by atoms with van der Waals surface area (Å²) in [7, 11) is 1.69. The molecule has 1 N–H and O–H groups in total. The van der Waals surface area contributed by atoms with Crippen molar-refractivity contribution in [2.75, 3.05) is 33.4 Å². The van der Waals surface area contributed by atoms with Crippen LogP contribution >= 0.6 is 0 Å². The van der Waals surface area contributed by atoms with Crippen molar-refractivity contribution in [3.8, 4) is 0 Å². The van der Waals surface area contributed by atoms with Gasteiger partial charge in [0, 0.05) is 6.54 Å². The second-order valence-corrected chi connectivity index (χ2v) is 3.42. The molecule has 2 fully saturated rings. The van der Waals surface area contributed by atoms with Gasteiger partial charge in [0.15, 0.2) is 12.5 Å². The normalized spacial score (nSPS) is 33.2. The summed E-state index contributed by atoms with van der Waals surface area (Å²) in [6.45, 7) is 1.12. The minimum atomic E-state index is -1.28. The van der Waals surface area contributed by atoms with E-state index in [1.165, 1.54) is 10.0 Å². The molecule has 0 bridgehead atoms. The highest BCUT2D eigenvalue weighted by Gasteiger charge is 2.38. The first kappa shape index (κ1) is 10.6. The van der Waals surface area contributed by atoms with Gasteiger partial charge in [-0.2, -0.15) is 5.01 Å². The molecule has 0 aromatic heterocycles. The quantitative estimate of drug-likeness (QED) is 0.636. The largest absolute Gasteiger partial charge is 0.427 e. The third kappa shape index (κ3) is 2.04. The van der Waals surface area contributed by atoms with Gasteiger partial charge < -0.3 is 9.47 Å². The van der Waals surface area contributed by atoms with Gasteiger partial charge in [0.1, 0.15) is 0 Å². The summed E-state index contributed by atoms with van der Waals surface area (Å²) >= 11 is 0. The van der Waals surface area contributed by atoms with Gasteiger partial charge in [0.2, 0.25) is 0 Å². The van der Waals surface area contributed by atoms with Gasteiger partial charge in [-0.3, -0.25) is 5.32 Å². The number of nitrogens with one attached hydrogen (secondary N) is 1. The zero-order chi connectivity index (χ0) is 10.8. The van der Waals surface area contributed by atoms with E-state index in [4.69, 9.17) is 9.47 Å². The fourth-order valence-corrected chi connectivity index (χ4v) is 1.65. The Balaban J connectivity index is 2.00. The number of carbonyl (C=O) groups is 1.